The first-order valence-electron chi connectivity index (χ1n) is 41.7. The van der Waals surface area contributed by atoms with Crippen LogP contribution < -0.4 is 50.3 Å². The Bertz CT molecular complexity index is 5570. The number of nitrogens with zero attached hydrogens (tertiary/aromatic N) is 11. The zero-order valence-corrected chi connectivity index (χ0v) is 71.4. The Morgan fingerprint density at radius 2 is 0.777 bits per heavy atom. The number of amides is 3. The minimum atomic E-state index is -3.93. The number of nitriles is 2. The lowest BCUT2D eigenvalue weighted by atomic mass is 9.88. The SMILES string of the molecule is Cc1cc(C)c(C(=O)N2CCN(c3ccccc3C)[C@H](CO)C2)cc1NC1CCN(c2ccccc2C#N)CC1.Cc1cc(C)c(C(=O)N2CCN(c3ccccc3S(N)(=O)=O)CC2)cc1NC1CCN(c2ccccc2C)CC1.N#Cc1ccccc1N1CCC(Cc2c(F)ccc(C(=O)N3CCN(c4ccccc4S(N)(=O)=O)CC3)c2F)CC1. The quantitative estimate of drug-likeness (QED) is 0.0533. The van der Waals surface area contributed by atoms with Crippen molar-refractivity contribution in [3.05, 3.63) is 260 Å². The first kappa shape index (κ1) is 87.2. The maximum atomic E-state index is 15.6. The third-order valence-corrected chi connectivity index (χ3v) is 26.5. The van der Waals surface area contributed by atoms with Gasteiger partial charge in [-0.25, -0.2) is 35.9 Å². The van der Waals surface area contributed by atoms with Gasteiger partial charge in [0.2, 0.25) is 20.0 Å². The molecule has 6 heterocycles. The summed E-state index contributed by atoms with van der Waals surface area (Å²) in [6.45, 7) is 22.5. The van der Waals surface area contributed by atoms with Crippen LogP contribution in [0.1, 0.15) is 120 Å². The summed E-state index contributed by atoms with van der Waals surface area (Å²) in [5.74, 6) is -1.95. The van der Waals surface area contributed by atoms with Gasteiger partial charge in [0.25, 0.3) is 17.7 Å². The zero-order valence-electron chi connectivity index (χ0n) is 69.8. The molecule has 121 heavy (non-hydrogen) atoms. The summed E-state index contributed by atoms with van der Waals surface area (Å²) in [5.41, 5.74) is 16.6. The summed E-state index contributed by atoms with van der Waals surface area (Å²) in [7, 11) is -7.76. The fourth-order valence-electron chi connectivity index (χ4n) is 17.8. The van der Waals surface area contributed by atoms with Crippen LogP contribution in [0.25, 0.3) is 0 Å². The predicted octanol–water partition coefficient (Wildman–Crippen LogP) is 13.1. The number of piperidine rings is 3. The van der Waals surface area contributed by atoms with E-state index in [2.05, 4.69) is 119 Å². The monoisotopic (exact) mass is 1680 g/mol. The van der Waals surface area contributed by atoms with E-state index in [9.17, 15) is 51.2 Å². The highest BCUT2D eigenvalue weighted by Crippen LogP contribution is 2.36. The number of sulfonamides is 2. The molecule has 0 unspecified atom stereocenters. The van der Waals surface area contributed by atoms with Crippen molar-refractivity contribution >= 4 is 83.3 Å². The Kier molecular flexibility index (Phi) is 28.0. The van der Waals surface area contributed by atoms with Crippen LogP contribution in [0.15, 0.2) is 192 Å². The van der Waals surface area contributed by atoms with Crippen molar-refractivity contribution in [3.63, 3.8) is 0 Å². The molecule has 6 fully saturated rings. The molecule has 6 saturated heterocycles. The molecule has 6 aliphatic heterocycles. The van der Waals surface area contributed by atoms with Crippen molar-refractivity contribution in [3.8, 4) is 12.1 Å². The average Bonchev–Trinajstić information content (AvgIpc) is 0.797. The lowest BCUT2D eigenvalue weighted by molar-refractivity contribution is 0.0696. The molecule has 27 heteroatoms. The third kappa shape index (κ3) is 20.5. The largest absolute Gasteiger partial charge is 0.394 e. The molecule has 634 valence electrons. The van der Waals surface area contributed by atoms with Gasteiger partial charge in [-0.05, 0) is 211 Å². The topological polar surface area (TPSA) is 293 Å². The number of aliphatic hydroxyl groups is 1. The van der Waals surface area contributed by atoms with Gasteiger partial charge in [-0.15, -0.1) is 0 Å². The molecular formula is C94H109F2N15O8S2. The molecule has 0 spiro atoms. The van der Waals surface area contributed by atoms with E-state index in [-0.39, 0.29) is 70.8 Å². The van der Waals surface area contributed by atoms with Gasteiger partial charge in [-0.2, -0.15) is 10.5 Å². The molecule has 9 aromatic carbocycles. The van der Waals surface area contributed by atoms with Crippen molar-refractivity contribution in [2.45, 2.75) is 114 Å². The first-order valence-corrected chi connectivity index (χ1v) is 44.8. The van der Waals surface area contributed by atoms with Gasteiger partial charge in [-0.3, -0.25) is 14.4 Å². The summed E-state index contributed by atoms with van der Waals surface area (Å²) in [6.07, 6.45) is 5.58. The minimum absolute atomic E-state index is 0.00462. The minimum Gasteiger partial charge on any atom is -0.394 e. The Morgan fingerprint density at radius 1 is 0.413 bits per heavy atom. The van der Waals surface area contributed by atoms with Gasteiger partial charge in [-0.1, -0.05) is 97.1 Å². The molecule has 9 aromatic rings. The first-order chi connectivity index (χ1) is 58.2. The number of rotatable bonds is 18. The average molecular weight is 1680 g/mol. The van der Waals surface area contributed by atoms with Gasteiger partial charge in [0.1, 0.15) is 33.6 Å². The van der Waals surface area contributed by atoms with Gasteiger partial charge >= 0.3 is 0 Å². The van der Waals surface area contributed by atoms with Crippen molar-refractivity contribution < 1.29 is 45.1 Å². The standard InChI is InChI=1S/C33H39N5O2.C31H39N5O3S.C30H31F2N5O3S/c1-23-8-4-6-10-31(23)38-17-16-37(21-28(38)22-39)33(40)29-19-30(25(3)18-24(29)2)35-27-12-14-36(15-13-27)32-11-7-5-9-26(32)20-34;1-22-8-4-5-9-28(22)34-14-12-25(13-15-34)33-27-21-26(23(2)20-24(27)3)31(37)36-18-16-35(17-19-36)29-10-6-7-11-30(29)40(32,38)39;31-25-10-9-23(30(38)37-17-15-36(16-18-37)27-7-3-4-8-28(27)41(34,39)40)29(32)24(25)19-21-11-13-35(14-12-21)26-6-2-1-5-22(26)20-33/h4-11,18-19,27-28,35,39H,12-17,21-22H2,1-3H3;4-11,20-21,25,33H,12-19H2,1-3H3,(H2,32,38,39);1-10,21H,11-19H2,(H2,34,39,40)/t28-;;/m0../s1. The Balaban J connectivity index is 0.000000157. The molecule has 0 bridgehead atoms. The molecule has 15 rings (SSSR count). The summed E-state index contributed by atoms with van der Waals surface area (Å²) in [6, 6.07) is 60.7. The van der Waals surface area contributed by atoms with Crippen LogP contribution in [-0.2, 0) is 26.5 Å². The van der Waals surface area contributed by atoms with Crippen molar-refractivity contribution in [2.24, 2.45) is 16.2 Å². The lowest BCUT2D eigenvalue weighted by Crippen LogP contribution is -2.56. The summed E-state index contributed by atoms with van der Waals surface area (Å²) >= 11 is 0. The van der Waals surface area contributed by atoms with Crippen LogP contribution in [0.5, 0.6) is 0 Å². The van der Waals surface area contributed by atoms with Crippen LogP contribution in [0.3, 0.4) is 0 Å². The number of carbonyl (C=O) groups excluding carboxylic acids is 3. The number of nitrogens with two attached hydrogens (primary N) is 2. The maximum absolute atomic E-state index is 15.6. The highest BCUT2D eigenvalue weighted by Gasteiger charge is 2.35. The summed E-state index contributed by atoms with van der Waals surface area (Å²) in [4.78, 5) is 59.0. The summed E-state index contributed by atoms with van der Waals surface area (Å²) < 4.78 is 78.6. The highest BCUT2D eigenvalue weighted by atomic mass is 32.2. The second kappa shape index (κ2) is 38.9. The smallest absolute Gasteiger partial charge is 0.256 e. The van der Waals surface area contributed by atoms with E-state index in [1.807, 2.05) is 100 Å². The Hall–Kier alpha value is -11.6. The summed E-state index contributed by atoms with van der Waals surface area (Å²) in [5, 5.41) is 47.4. The molecule has 0 aromatic heterocycles. The second-order valence-electron chi connectivity index (χ2n) is 32.5. The van der Waals surface area contributed by atoms with Gasteiger partial charge in [0.15, 0.2) is 0 Å². The van der Waals surface area contributed by atoms with E-state index in [0.29, 0.717) is 119 Å². The van der Waals surface area contributed by atoms with Crippen LogP contribution in [0.4, 0.5) is 54.3 Å². The molecule has 3 amide bonds. The number of primary sulfonamides is 2. The van der Waals surface area contributed by atoms with Crippen molar-refractivity contribution in [2.75, 3.05) is 158 Å². The van der Waals surface area contributed by atoms with E-state index in [0.717, 1.165) is 120 Å². The number of carbonyl (C=O) groups is 3. The molecule has 6 aliphatic rings. The molecule has 0 radical (unpaired) electrons. The zero-order chi connectivity index (χ0) is 85.8. The number of aliphatic hydroxyl groups excluding tert-OH is 1. The predicted molar refractivity (Wildman–Crippen MR) is 475 cm³/mol. The number of halogens is 2. The number of hydrogen-bond donors (Lipinski definition) is 5. The van der Waals surface area contributed by atoms with Crippen LogP contribution >= 0.6 is 0 Å². The van der Waals surface area contributed by atoms with Gasteiger partial charge in [0.05, 0.1) is 52.1 Å². The van der Waals surface area contributed by atoms with Crippen molar-refractivity contribution in [1.29, 1.82) is 10.5 Å². The normalized spacial score (nSPS) is 17.1. The van der Waals surface area contributed by atoms with Crippen LogP contribution in [0.2, 0.25) is 0 Å². The van der Waals surface area contributed by atoms with E-state index in [4.69, 9.17) is 10.3 Å². The number of hydrogen-bond acceptors (Lipinski definition) is 18. The fraction of sp³-hybridized carbons (Fsp3) is 0.372. The molecule has 1 atom stereocenters. The van der Waals surface area contributed by atoms with Gasteiger partial charge < -0.3 is 59.8 Å². The van der Waals surface area contributed by atoms with Crippen LogP contribution in [-0.4, -0.2) is 190 Å². The second-order valence-corrected chi connectivity index (χ2v) is 35.6. The number of anilines is 8. The Morgan fingerprint density at radius 3 is 1.21 bits per heavy atom. The van der Waals surface area contributed by atoms with E-state index in [1.165, 1.54) is 39.9 Å². The number of nitrogens with one attached hydrogen (secondary N) is 2. The third-order valence-electron chi connectivity index (χ3n) is 24.6. The maximum Gasteiger partial charge on any atom is 0.256 e. The molecule has 0 saturated carbocycles. The molecule has 23 nitrogen and oxygen atoms in total. The van der Waals surface area contributed by atoms with Crippen LogP contribution in [0, 0.1) is 81.8 Å². The van der Waals surface area contributed by atoms with Crippen molar-refractivity contribution in [1.82, 2.24) is 14.7 Å². The number of aryl methyl sites for hydroxylation is 6. The number of piperazine rings is 3. The molecule has 0 aliphatic carbocycles. The highest BCUT2D eigenvalue weighted by molar-refractivity contribution is 7.89. The van der Waals surface area contributed by atoms with E-state index >= 15 is 4.39 Å². The van der Waals surface area contributed by atoms with E-state index in [1.54, 1.807) is 42.5 Å². The molecule has 7 N–H and O–H groups in total. The Labute approximate surface area is 710 Å². The van der Waals surface area contributed by atoms with Gasteiger partial charge in [0, 0.05) is 163 Å². The lowest BCUT2D eigenvalue weighted by Gasteiger charge is -2.42. The number of para-hydroxylation sites is 6. The fourth-order valence-corrected chi connectivity index (χ4v) is 19.3. The number of benzene rings is 9. The molecular weight excluding hydrogens is 1570 g/mol. The van der Waals surface area contributed by atoms with E-state index < -0.39 is 37.6 Å².